The summed E-state index contributed by atoms with van der Waals surface area (Å²) in [5, 5.41) is 0. The molecule has 76 valence electrons. The van der Waals surface area contributed by atoms with E-state index in [0.29, 0.717) is 17.0 Å². The van der Waals surface area contributed by atoms with E-state index in [1.807, 2.05) is 13.0 Å². The van der Waals surface area contributed by atoms with E-state index in [2.05, 4.69) is 9.97 Å². The lowest BCUT2D eigenvalue weighted by molar-refractivity contribution is 0.630. The van der Waals surface area contributed by atoms with E-state index in [1.165, 1.54) is 6.07 Å². The fraction of sp³-hybridized carbons (Fsp3) is 0.167. The maximum Gasteiger partial charge on any atom is 0.131 e. The molecule has 1 aromatic heterocycles. The van der Waals surface area contributed by atoms with Gasteiger partial charge in [0, 0.05) is 23.5 Å². The molecule has 1 aromatic carbocycles. The van der Waals surface area contributed by atoms with Crippen LogP contribution in [0.4, 0.5) is 4.39 Å². The average Bonchev–Trinajstić information content (AvgIpc) is 2.20. The van der Waals surface area contributed by atoms with E-state index in [-0.39, 0.29) is 5.82 Å². The molecule has 2 rings (SSSR count). The van der Waals surface area contributed by atoms with Gasteiger partial charge >= 0.3 is 0 Å². The van der Waals surface area contributed by atoms with Crippen LogP contribution in [0.15, 0.2) is 30.6 Å². The molecule has 0 saturated heterocycles. The third-order valence-electron chi connectivity index (χ3n) is 2.22. The monoisotopic (exact) mass is 202 g/mol. The highest BCUT2D eigenvalue weighted by Crippen LogP contribution is 2.21. The topological polar surface area (TPSA) is 25.8 Å². The molecule has 0 unspecified atom stereocenters. The van der Waals surface area contributed by atoms with Crippen molar-refractivity contribution in [2.75, 3.05) is 0 Å². The molecule has 0 amide bonds. The fourth-order valence-corrected chi connectivity index (χ4v) is 1.39. The SMILES string of the molecule is Cc1ccc(-c2cnc(C)nc2)c(F)c1. The van der Waals surface area contributed by atoms with Gasteiger partial charge in [0.15, 0.2) is 0 Å². The molecule has 0 saturated carbocycles. The standard InChI is InChI=1S/C12H11FN2/c1-8-3-4-11(12(13)5-8)10-6-14-9(2)15-7-10/h3-7H,1-2H3. The smallest absolute Gasteiger partial charge is 0.131 e. The zero-order valence-corrected chi connectivity index (χ0v) is 8.66. The molecule has 0 N–H and O–H groups in total. The molecule has 15 heavy (non-hydrogen) atoms. The highest BCUT2D eigenvalue weighted by Gasteiger charge is 2.05. The first kappa shape index (κ1) is 9.77. The lowest BCUT2D eigenvalue weighted by Crippen LogP contribution is -1.90. The van der Waals surface area contributed by atoms with Crippen LogP contribution in [0, 0.1) is 19.7 Å². The molecule has 0 aliphatic heterocycles. The van der Waals surface area contributed by atoms with Crippen molar-refractivity contribution >= 4 is 0 Å². The van der Waals surface area contributed by atoms with Gasteiger partial charge < -0.3 is 0 Å². The number of nitrogens with zero attached hydrogens (tertiary/aromatic N) is 2. The van der Waals surface area contributed by atoms with Gasteiger partial charge in [-0.1, -0.05) is 12.1 Å². The normalized spacial score (nSPS) is 10.3. The molecule has 0 radical (unpaired) electrons. The Kier molecular flexibility index (Phi) is 2.46. The first-order valence-corrected chi connectivity index (χ1v) is 4.72. The summed E-state index contributed by atoms with van der Waals surface area (Å²) in [7, 11) is 0. The van der Waals surface area contributed by atoms with Gasteiger partial charge in [-0.2, -0.15) is 0 Å². The minimum absolute atomic E-state index is 0.234. The van der Waals surface area contributed by atoms with Crippen LogP contribution in [0.25, 0.3) is 11.1 Å². The van der Waals surface area contributed by atoms with Gasteiger partial charge in [-0.25, -0.2) is 14.4 Å². The van der Waals surface area contributed by atoms with Crippen molar-refractivity contribution in [2.45, 2.75) is 13.8 Å². The fourth-order valence-electron chi connectivity index (χ4n) is 1.39. The number of hydrogen-bond donors (Lipinski definition) is 0. The first-order valence-electron chi connectivity index (χ1n) is 4.72. The Labute approximate surface area is 87.8 Å². The van der Waals surface area contributed by atoms with Crippen molar-refractivity contribution in [3.63, 3.8) is 0 Å². The summed E-state index contributed by atoms with van der Waals surface area (Å²) < 4.78 is 13.6. The van der Waals surface area contributed by atoms with E-state index in [1.54, 1.807) is 25.4 Å². The maximum atomic E-state index is 13.6. The van der Waals surface area contributed by atoms with Gasteiger partial charge in [0.05, 0.1) is 0 Å². The minimum Gasteiger partial charge on any atom is -0.241 e. The van der Waals surface area contributed by atoms with E-state index < -0.39 is 0 Å². The predicted molar refractivity (Wildman–Crippen MR) is 56.9 cm³/mol. The second kappa shape index (κ2) is 3.77. The zero-order chi connectivity index (χ0) is 10.8. The molecule has 2 aromatic rings. The largest absolute Gasteiger partial charge is 0.241 e. The molecule has 0 aliphatic rings. The molecule has 0 fully saturated rings. The second-order valence-electron chi connectivity index (χ2n) is 3.50. The van der Waals surface area contributed by atoms with Crippen LogP contribution >= 0.6 is 0 Å². The minimum atomic E-state index is -0.234. The Morgan fingerprint density at radius 3 is 2.33 bits per heavy atom. The van der Waals surface area contributed by atoms with Crippen molar-refractivity contribution in [3.8, 4) is 11.1 Å². The number of hydrogen-bond acceptors (Lipinski definition) is 2. The van der Waals surface area contributed by atoms with Gasteiger partial charge in [-0.15, -0.1) is 0 Å². The molecular weight excluding hydrogens is 191 g/mol. The van der Waals surface area contributed by atoms with Gasteiger partial charge in [0.25, 0.3) is 0 Å². The number of aryl methyl sites for hydroxylation is 2. The maximum absolute atomic E-state index is 13.6. The Bertz CT molecular complexity index is 477. The van der Waals surface area contributed by atoms with Crippen LogP contribution in [-0.2, 0) is 0 Å². The number of aromatic nitrogens is 2. The highest BCUT2D eigenvalue weighted by atomic mass is 19.1. The number of rotatable bonds is 1. The van der Waals surface area contributed by atoms with Crippen molar-refractivity contribution in [1.29, 1.82) is 0 Å². The molecule has 0 bridgehead atoms. The zero-order valence-electron chi connectivity index (χ0n) is 8.66. The van der Waals surface area contributed by atoms with Crippen LogP contribution < -0.4 is 0 Å². The molecular formula is C12H11FN2. The third-order valence-corrected chi connectivity index (χ3v) is 2.22. The van der Waals surface area contributed by atoms with Crippen molar-refractivity contribution in [3.05, 3.63) is 47.8 Å². The predicted octanol–water partition coefficient (Wildman–Crippen LogP) is 2.90. The Hall–Kier alpha value is -1.77. The summed E-state index contributed by atoms with van der Waals surface area (Å²) in [6, 6.07) is 5.13. The molecule has 3 heteroatoms. The van der Waals surface area contributed by atoms with Crippen LogP contribution in [0.1, 0.15) is 11.4 Å². The summed E-state index contributed by atoms with van der Waals surface area (Å²) in [5.74, 6) is 0.453. The second-order valence-corrected chi connectivity index (χ2v) is 3.50. The highest BCUT2D eigenvalue weighted by molar-refractivity contribution is 5.62. The van der Waals surface area contributed by atoms with Crippen molar-refractivity contribution in [1.82, 2.24) is 9.97 Å². The summed E-state index contributed by atoms with van der Waals surface area (Å²) >= 11 is 0. The average molecular weight is 202 g/mol. The summed E-state index contributed by atoms with van der Waals surface area (Å²) in [6.07, 6.45) is 3.27. The quantitative estimate of drug-likeness (QED) is 0.710. The Morgan fingerprint density at radius 1 is 1.07 bits per heavy atom. The molecule has 0 atom stereocenters. The summed E-state index contributed by atoms with van der Waals surface area (Å²) in [4.78, 5) is 8.08. The third kappa shape index (κ3) is 2.01. The van der Waals surface area contributed by atoms with Crippen LogP contribution in [0.3, 0.4) is 0 Å². The van der Waals surface area contributed by atoms with Gasteiger partial charge in [-0.3, -0.25) is 0 Å². The lowest BCUT2D eigenvalue weighted by atomic mass is 10.1. The van der Waals surface area contributed by atoms with E-state index in [9.17, 15) is 4.39 Å². The number of halogens is 1. The Balaban J connectivity index is 2.49. The van der Waals surface area contributed by atoms with E-state index in [0.717, 1.165) is 5.56 Å². The van der Waals surface area contributed by atoms with Gasteiger partial charge in [0.2, 0.25) is 0 Å². The molecule has 0 aliphatic carbocycles. The lowest BCUT2D eigenvalue weighted by Gasteiger charge is -2.03. The van der Waals surface area contributed by atoms with E-state index >= 15 is 0 Å². The first-order chi connectivity index (χ1) is 7.16. The Morgan fingerprint density at radius 2 is 1.73 bits per heavy atom. The van der Waals surface area contributed by atoms with Gasteiger partial charge in [-0.05, 0) is 25.5 Å². The number of benzene rings is 1. The molecule has 2 nitrogen and oxygen atoms in total. The van der Waals surface area contributed by atoms with Crippen LogP contribution in [0.2, 0.25) is 0 Å². The van der Waals surface area contributed by atoms with Gasteiger partial charge in [0.1, 0.15) is 11.6 Å². The van der Waals surface area contributed by atoms with E-state index in [4.69, 9.17) is 0 Å². The van der Waals surface area contributed by atoms with Crippen LogP contribution in [-0.4, -0.2) is 9.97 Å². The molecule has 0 spiro atoms. The van der Waals surface area contributed by atoms with Crippen molar-refractivity contribution < 1.29 is 4.39 Å². The van der Waals surface area contributed by atoms with Crippen molar-refractivity contribution in [2.24, 2.45) is 0 Å². The molecule has 1 heterocycles. The summed E-state index contributed by atoms with van der Waals surface area (Å²) in [5.41, 5.74) is 2.16. The van der Waals surface area contributed by atoms with Crippen LogP contribution in [0.5, 0.6) is 0 Å². The summed E-state index contributed by atoms with van der Waals surface area (Å²) in [6.45, 7) is 3.66.